The molecule has 2 N–H and O–H groups in total. The van der Waals surface area contributed by atoms with Gasteiger partial charge in [0, 0.05) is 6.20 Å². The van der Waals surface area contributed by atoms with Crippen LogP contribution in [0.15, 0.2) is 12.3 Å². The highest BCUT2D eigenvalue weighted by molar-refractivity contribution is 5.43. The van der Waals surface area contributed by atoms with Gasteiger partial charge in [0.2, 0.25) is 5.88 Å². The lowest BCUT2D eigenvalue weighted by molar-refractivity contribution is 0.168. The summed E-state index contributed by atoms with van der Waals surface area (Å²) < 4.78 is 5.69. The number of aryl methyl sites for hydroxylation is 1. The molecule has 0 radical (unpaired) electrons. The Morgan fingerprint density at radius 1 is 1.44 bits per heavy atom. The SMILES string of the molecule is Cc1ccnc(OCC2(N)CCCCC2)c1C#N. The molecule has 1 heterocycles. The van der Waals surface area contributed by atoms with Crippen LogP contribution < -0.4 is 10.5 Å². The summed E-state index contributed by atoms with van der Waals surface area (Å²) in [6, 6.07) is 3.95. The Kier molecular flexibility index (Phi) is 3.83. The van der Waals surface area contributed by atoms with Gasteiger partial charge in [0.1, 0.15) is 18.2 Å². The number of nitriles is 1. The lowest BCUT2D eigenvalue weighted by atomic mass is 9.83. The monoisotopic (exact) mass is 245 g/mol. The third-order valence-electron chi connectivity index (χ3n) is 3.58. The van der Waals surface area contributed by atoms with Crippen molar-refractivity contribution >= 4 is 0 Å². The summed E-state index contributed by atoms with van der Waals surface area (Å²) >= 11 is 0. The minimum atomic E-state index is -0.254. The first-order chi connectivity index (χ1) is 8.64. The van der Waals surface area contributed by atoms with Gasteiger partial charge in [0.15, 0.2) is 0 Å². The minimum absolute atomic E-state index is 0.254. The van der Waals surface area contributed by atoms with Gasteiger partial charge in [0.25, 0.3) is 0 Å². The van der Waals surface area contributed by atoms with E-state index in [0.29, 0.717) is 18.1 Å². The number of aromatic nitrogens is 1. The largest absolute Gasteiger partial charge is 0.475 e. The van der Waals surface area contributed by atoms with E-state index < -0.39 is 0 Å². The van der Waals surface area contributed by atoms with Crippen molar-refractivity contribution in [3.05, 3.63) is 23.4 Å². The number of nitrogens with two attached hydrogens (primary N) is 1. The van der Waals surface area contributed by atoms with E-state index >= 15 is 0 Å². The maximum Gasteiger partial charge on any atom is 0.231 e. The lowest BCUT2D eigenvalue weighted by Crippen LogP contribution is -2.47. The third-order valence-corrected chi connectivity index (χ3v) is 3.58. The second kappa shape index (κ2) is 5.36. The molecule has 0 aliphatic heterocycles. The van der Waals surface area contributed by atoms with Crippen LogP contribution in [0.25, 0.3) is 0 Å². The van der Waals surface area contributed by atoms with E-state index in [1.54, 1.807) is 6.20 Å². The Labute approximate surface area is 108 Å². The Balaban J connectivity index is 2.06. The molecule has 1 aromatic heterocycles. The number of pyridine rings is 1. The molecule has 0 aromatic carbocycles. The van der Waals surface area contributed by atoms with Crippen molar-refractivity contribution in [2.75, 3.05) is 6.61 Å². The molecule has 0 unspecified atom stereocenters. The molecule has 0 spiro atoms. The lowest BCUT2D eigenvalue weighted by Gasteiger charge is -2.32. The van der Waals surface area contributed by atoms with E-state index in [1.807, 2.05) is 13.0 Å². The molecule has 2 rings (SSSR count). The fourth-order valence-electron chi connectivity index (χ4n) is 2.39. The Bertz CT molecular complexity index is 459. The van der Waals surface area contributed by atoms with Crippen LogP contribution in [0.1, 0.15) is 43.2 Å². The maximum absolute atomic E-state index is 9.10. The van der Waals surface area contributed by atoms with Crippen molar-refractivity contribution in [3.63, 3.8) is 0 Å². The second-order valence-corrected chi connectivity index (χ2v) is 5.13. The number of hydrogen-bond acceptors (Lipinski definition) is 4. The molecule has 1 fully saturated rings. The van der Waals surface area contributed by atoms with Crippen LogP contribution >= 0.6 is 0 Å². The molecule has 96 valence electrons. The molecule has 1 aliphatic carbocycles. The highest BCUT2D eigenvalue weighted by Gasteiger charge is 2.28. The average Bonchev–Trinajstić information content (AvgIpc) is 2.37. The molecule has 18 heavy (non-hydrogen) atoms. The predicted octanol–water partition coefficient (Wildman–Crippen LogP) is 2.30. The molecule has 1 aromatic rings. The zero-order valence-corrected chi connectivity index (χ0v) is 10.8. The summed E-state index contributed by atoms with van der Waals surface area (Å²) in [6.45, 7) is 2.32. The molecular weight excluding hydrogens is 226 g/mol. The number of rotatable bonds is 3. The van der Waals surface area contributed by atoms with E-state index in [4.69, 9.17) is 15.7 Å². The van der Waals surface area contributed by atoms with Crippen molar-refractivity contribution in [1.29, 1.82) is 5.26 Å². The van der Waals surface area contributed by atoms with E-state index in [9.17, 15) is 0 Å². The van der Waals surface area contributed by atoms with Crippen LogP contribution in [0.5, 0.6) is 5.88 Å². The van der Waals surface area contributed by atoms with Gasteiger partial charge in [-0.15, -0.1) is 0 Å². The fourth-order valence-corrected chi connectivity index (χ4v) is 2.39. The van der Waals surface area contributed by atoms with Gasteiger partial charge in [-0.05, 0) is 31.4 Å². The molecule has 4 nitrogen and oxygen atoms in total. The molecule has 1 saturated carbocycles. The maximum atomic E-state index is 9.10. The smallest absolute Gasteiger partial charge is 0.231 e. The first-order valence-electron chi connectivity index (χ1n) is 6.42. The summed E-state index contributed by atoms with van der Waals surface area (Å²) in [5, 5.41) is 9.10. The van der Waals surface area contributed by atoms with Gasteiger partial charge < -0.3 is 10.5 Å². The second-order valence-electron chi connectivity index (χ2n) is 5.13. The van der Waals surface area contributed by atoms with Gasteiger partial charge in [-0.25, -0.2) is 4.98 Å². The van der Waals surface area contributed by atoms with E-state index in [-0.39, 0.29) is 5.54 Å². The van der Waals surface area contributed by atoms with Crippen molar-refractivity contribution < 1.29 is 4.74 Å². The van der Waals surface area contributed by atoms with E-state index in [0.717, 1.165) is 31.2 Å². The quantitative estimate of drug-likeness (QED) is 0.886. The Morgan fingerprint density at radius 2 is 2.17 bits per heavy atom. The van der Waals surface area contributed by atoms with Crippen LogP contribution in [0.3, 0.4) is 0 Å². The van der Waals surface area contributed by atoms with Crippen molar-refractivity contribution in [1.82, 2.24) is 4.98 Å². The van der Waals surface area contributed by atoms with Gasteiger partial charge in [-0.3, -0.25) is 0 Å². The predicted molar refractivity (Wildman–Crippen MR) is 69.2 cm³/mol. The van der Waals surface area contributed by atoms with Crippen LogP contribution in [0.2, 0.25) is 0 Å². The van der Waals surface area contributed by atoms with E-state index in [1.165, 1.54) is 6.42 Å². The van der Waals surface area contributed by atoms with Crippen LogP contribution in [0, 0.1) is 18.3 Å². The van der Waals surface area contributed by atoms with Crippen molar-refractivity contribution in [2.24, 2.45) is 5.73 Å². The molecule has 1 aliphatic rings. The zero-order valence-electron chi connectivity index (χ0n) is 10.8. The fraction of sp³-hybridized carbons (Fsp3) is 0.571. The van der Waals surface area contributed by atoms with Gasteiger partial charge >= 0.3 is 0 Å². The van der Waals surface area contributed by atoms with Crippen LogP contribution in [-0.4, -0.2) is 17.1 Å². The summed E-state index contributed by atoms with van der Waals surface area (Å²) in [5.41, 5.74) is 7.44. The van der Waals surface area contributed by atoms with Crippen molar-refractivity contribution in [3.8, 4) is 11.9 Å². The highest BCUT2D eigenvalue weighted by atomic mass is 16.5. The summed E-state index contributed by atoms with van der Waals surface area (Å²) in [7, 11) is 0. The van der Waals surface area contributed by atoms with Crippen LogP contribution in [-0.2, 0) is 0 Å². The first kappa shape index (κ1) is 12.8. The normalized spacial score (nSPS) is 18.1. The summed E-state index contributed by atoms with van der Waals surface area (Å²) in [4.78, 5) is 4.13. The third kappa shape index (κ3) is 2.80. The standard InChI is InChI=1S/C14H19N3O/c1-11-5-8-17-13(12(11)9-15)18-10-14(16)6-3-2-4-7-14/h5,8H,2-4,6-7,10,16H2,1H3. The number of nitrogens with zero attached hydrogens (tertiary/aromatic N) is 2. The van der Waals surface area contributed by atoms with Gasteiger partial charge in [-0.2, -0.15) is 5.26 Å². The first-order valence-corrected chi connectivity index (χ1v) is 6.42. The minimum Gasteiger partial charge on any atom is -0.475 e. The van der Waals surface area contributed by atoms with Gasteiger partial charge in [0.05, 0.1) is 5.54 Å². The summed E-state index contributed by atoms with van der Waals surface area (Å²) in [6.07, 6.45) is 7.21. The molecule has 4 heteroatoms. The topological polar surface area (TPSA) is 71.9 Å². The Hall–Kier alpha value is -1.60. The zero-order chi connectivity index (χ0) is 13.0. The van der Waals surface area contributed by atoms with E-state index in [2.05, 4.69) is 11.1 Å². The molecule has 0 amide bonds. The highest BCUT2D eigenvalue weighted by Crippen LogP contribution is 2.27. The number of ether oxygens (including phenoxy) is 1. The molecule has 0 atom stereocenters. The summed E-state index contributed by atoms with van der Waals surface area (Å²) in [5.74, 6) is 0.410. The molecular formula is C14H19N3O. The average molecular weight is 245 g/mol. The molecule has 0 saturated heterocycles. The Morgan fingerprint density at radius 3 is 2.83 bits per heavy atom. The molecule has 0 bridgehead atoms. The van der Waals surface area contributed by atoms with Crippen molar-refractivity contribution in [2.45, 2.75) is 44.6 Å². The van der Waals surface area contributed by atoms with Gasteiger partial charge in [-0.1, -0.05) is 19.3 Å². The van der Waals surface area contributed by atoms with Crippen LogP contribution in [0.4, 0.5) is 0 Å². The number of hydrogen-bond donors (Lipinski definition) is 1.